The highest BCUT2D eigenvalue weighted by Crippen LogP contribution is 2.12. The van der Waals surface area contributed by atoms with Crippen molar-refractivity contribution < 1.29 is 14.7 Å². The third-order valence-electron chi connectivity index (χ3n) is 2.10. The van der Waals surface area contributed by atoms with E-state index in [0.29, 0.717) is 5.69 Å². The maximum atomic E-state index is 11.1. The predicted molar refractivity (Wildman–Crippen MR) is 68.2 cm³/mol. The normalized spacial score (nSPS) is 11.9. The number of benzene rings is 1. The number of carboxylic acid groups (broad SMARTS) is 1. The highest BCUT2D eigenvalue weighted by Gasteiger charge is 2.12. The molecule has 1 amide bonds. The Labute approximate surface area is 107 Å². The first-order chi connectivity index (χ1) is 8.02. The molecule has 0 aliphatic heterocycles. The lowest BCUT2D eigenvalue weighted by Gasteiger charge is -2.08. The van der Waals surface area contributed by atoms with Crippen LogP contribution in [-0.2, 0) is 16.0 Å². The molecule has 1 atom stereocenters. The number of halogens is 1. The Morgan fingerprint density at radius 2 is 2.18 bits per heavy atom. The Balaban J connectivity index is 2.72. The Hall–Kier alpha value is -1.40. The third kappa shape index (κ3) is 4.54. The first-order valence-corrected chi connectivity index (χ1v) is 6.08. The van der Waals surface area contributed by atoms with Crippen LogP contribution in [0, 0.1) is 0 Å². The number of anilines is 1. The Kier molecular flexibility index (Phi) is 5.11. The zero-order valence-electron chi connectivity index (χ0n) is 9.02. The van der Waals surface area contributed by atoms with Gasteiger partial charge in [-0.15, -0.1) is 0 Å². The van der Waals surface area contributed by atoms with Gasteiger partial charge in [0.2, 0.25) is 5.91 Å². The van der Waals surface area contributed by atoms with E-state index in [2.05, 4.69) is 21.2 Å². The van der Waals surface area contributed by atoms with E-state index < -0.39 is 12.0 Å². The van der Waals surface area contributed by atoms with Crippen LogP contribution in [0.3, 0.4) is 0 Å². The molecule has 0 aromatic heterocycles. The second-order valence-corrected chi connectivity index (χ2v) is 4.09. The first kappa shape index (κ1) is 13.7. The van der Waals surface area contributed by atoms with E-state index in [1.807, 2.05) is 0 Å². The van der Waals surface area contributed by atoms with Crippen LogP contribution < -0.4 is 11.1 Å². The smallest absolute Gasteiger partial charge is 0.320 e. The fourth-order valence-corrected chi connectivity index (χ4v) is 1.45. The molecular weight excluding hydrogens is 288 g/mol. The summed E-state index contributed by atoms with van der Waals surface area (Å²) in [7, 11) is 0. The largest absolute Gasteiger partial charge is 0.480 e. The third-order valence-corrected chi connectivity index (χ3v) is 2.61. The summed E-state index contributed by atoms with van der Waals surface area (Å²) in [5.74, 6) is -1.20. The quantitative estimate of drug-likeness (QED) is 0.707. The zero-order chi connectivity index (χ0) is 12.8. The molecule has 6 heteroatoms. The molecule has 0 aliphatic rings. The van der Waals surface area contributed by atoms with Gasteiger partial charge in [0, 0.05) is 5.69 Å². The number of rotatable bonds is 5. The van der Waals surface area contributed by atoms with Gasteiger partial charge in [-0.25, -0.2) is 0 Å². The van der Waals surface area contributed by atoms with Crippen LogP contribution in [0.1, 0.15) is 5.56 Å². The number of carboxylic acids is 1. The molecule has 0 aliphatic carbocycles. The van der Waals surface area contributed by atoms with Gasteiger partial charge in [-0.1, -0.05) is 28.1 Å². The Morgan fingerprint density at radius 3 is 2.76 bits per heavy atom. The van der Waals surface area contributed by atoms with Gasteiger partial charge in [0.05, 0.1) is 5.33 Å². The van der Waals surface area contributed by atoms with Crippen molar-refractivity contribution in [3.05, 3.63) is 29.8 Å². The summed E-state index contributed by atoms with van der Waals surface area (Å²) >= 11 is 3.04. The summed E-state index contributed by atoms with van der Waals surface area (Å²) in [6, 6.07) is 6.03. The van der Waals surface area contributed by atoms with Gasteiger partial charge in [0.15, 0.2) is 0 Å². The predicted octanol–water partition coefficient (Wildman–Crippen LogP) is 0.974. The van der Waals surface area contributed by atoms with Crippen molar-refractivity contribution in [2.45, 2.75) is 12.5 Å². The first-order valence-electron chi connectivity index (χ1n) is 4.96. The summed E-state index contributed by atoms with van der Waals surface area (Å²) in [6.45, 7) is 0. The maximum absolute atomic E-state index is 11.1. The number of nitrogens with one attached hydrogen (secondary N) is 1. The highest BCUT2D eigenvalue weighted by molar-refractivity contribution is 9.09. The summed E-state index contributed by atoms with van der Waals surface area (Å²) in [6.07, 6.45) is 0.230. The van der Waals surface area contributed by atoms with E-state index in [9.17, 15) is 9.59 Å². The second-order valence-electron chi connectivity index (χ2n) is 3.53. The molecule has 0 bridgehead atoms. The lowest BCUT2D eigenvalue weighted by atomic mass is 10.1. The molecule has 17 heavy (non-hydrogen) atoms. The number of nitrogens with two attached hydrogens (primary N) is 1. The van der Waals surface area contributed by atoms with E-state index in [-0.39, 0.29) is 17.7 Å². The summed E-state index contributed by atoms with van der Waals surface area (Å²) in [5.41, 5.74) is 6.83. The summed E-state index contributed by atoms with van der Waals surface area (Å²) in [5, 5.41) is 11.6. The molecule has 0 heterocycles. The zero-order valence-corrected chi connectivity index (χ0v) is 10.6. The van der Waals surface area contributed by atoms with Gasteiger partial charge >= 0.3 is 5.97 Å². The van der Waals surface area contributed by atoms with Crippen LogP contribution in [-0.4, -0.2) is 28.4 Å². The van der Waals surface area contributed by atoms with Crippen molar-refractivity contribution in [3.63, 3.8) is 0 Å². The molecular formula is C11H13BrN2O3. The van der Waals surface area contributed by atoms with Gasteiger partial charge in [0.25, 0.3) is 0 Å². The maximum Gasteiger partial charge on any atom is 0.320 e. The van der Waals surface area contributed by atoms with Gasteiger partial charge in [0.1, 0.15) is 6.04 Å². The number of carbonyl (C=O) groups excluding carboxylic acids is 1. The molecule has 5 nitrogen and oxygen atoms in total. The Morgan fingerprint density at radius 1 is 1.47 bits per heavy atom. The molecule has 0 fully saturated rings. The standard InChI is InChI=1S/C11H13BrN2O3/c12-6-10(15)14-8-3-1-2-7(4-8)5-9(13)11(16)17/h1-4,9H,5-6,13H2,(H,14,15)(H,16,17)/t9-/m0/s1. The molecule has 0 saturated carbocycles. The summed E-state index contributed by atoms with van der Waals surface area (Å²) < 4.78 is 0. The van der Waals surface area contributed by atoms with Crippen molar-refractivity contribution in [2.75, 3.05) is 10.6 Å². The number of aliphatic carboxylic acids is 1. The topological polar surface area (TPSA) is 92.4 Å². The molecule has 1 aromatic rings. The molecule has 0 spiro atoms. The van der Waals surface area contributed by atoms with Crippen molar-refractivity contribution in [2.24, 2.45) is 5.73 Å². The molecule has 4 N–H and O–H groups in total. The van der Waals surface area contributed by atoms with Crippen LogP contribution >= 0.6 is 15.9 Å². The average molecular weight is 301 g/mol. The van der Waals surface area contributed by atoms with E-state index in [1.54, 1.807) is 24.3 Å². The van der Waals surface area contributed by atoms with Gasteiger partial charge in [-0.2, -0.15) is 0 Å². The Bertz CT molecular complexity index is 423. The van der Waals surface area contributed by atoms with Crippen LogP contribution in [0.5, 0.6) is 0 Å². The lowest BCUT2D eigenvalue weighted by Crippen LogP contribution is -2.32. The second kappa shape index (κ2) is 6.36. The molecule has 1 aromatic carbocycles. The van der Waals surface area contributed by atoms with Gasteiger partial charge in [-0.3, -0.25) is 9.59 Å². The van der Waals surface area contributed by atoms with Crippen LogP contribution in [0.2, 0.25) is 0 Å². The lowest BCUT2D eigenvalue weighted by molar-refractivity contribution is -0.138. The van der Waals surface area contributed by atoms with Gasteiger partial charge in [-0.05, 0) is 24.1 Å². The minimum Gasteiger partial charge on any atom is -0.480 e. The highest BCUT2D eigenvalue weighted by atomic mass is 79.9. The van der Waals surface area contributed by atoms with E-state index >= 15 is 0 Å². The average Bonchev–Trinajstić information content (AvgIpc) is 2.29. The van der Waals surface area contributed by atoms with Crippen LogP contribution in [0.4, 0.5) is 5.69 Å². The minimum atomic E-state index is -1.04. The molecule has 1 rings (SSSR count). The van der Waals surface area contributed by atoms with Crippen LogP contribution in [0.25, 0.3) is 0 Å². The summed E-state index contributed by atoms with van der Waals surface area (Å²) in [4.78, 5) is 21.8. The number of carbonyl (C=O) groups is 2. The number of amides is 1. The van der Waals surface area contributed by atoms with Crippen molar-refractivity contribution in [3.8, 4) is 0 Å². The minimum absolute atomic E-state index is 0.162. The number of hydrogen-bond donors (Lipinski definition) is 3. The van der Waals surface area contributed by atoms with E-state index in [4.69, 9.17) is 10.8 Å². The number of hydrogen-bond acceptors (Lipinski definition) is 3. The van der Waals surface area contributed by atoms with Crippen LogP contribution in [0.15, 0.2) is 24.3 Å². The fourth-order valence-electron chi connectivity index (χ4n) is 1.31. The molecule has 92 valence electrons. The van der Waals surface area contributed by atoms with Gasteiger partial charge < -0.3 is 16.2 Å². The van der Waals surface area contributed by atoms with Crippen molar-refractivity contribution in [1.82, 2.24) is 0 Å². The van der Waals surface area contributed by atoms with Crippen molar-refractivity contribution >= 4 is 33.5 Å². The molecule has 0 radical (unpaired) electrons. The monoisotopic (exact) mass is 300 g/mol. The van der Waals surface area contributed by atoms with Crippen molar-refractivity contribution in [1.29, 1.82) is 0 Å². The fraction of sp³-hybridized carbons (Fsp3) is 0.273. The van der Waals surface area contributed by atoms with E-state index in [0.717, 1.165) is 5.56 Å². The number of alkyl halides is 1. The van der Waals surface area contributed by atoms with E-state index in [1.165, 1.54) is 0 Å². The SMILES string of the molecule is N[C@@H](Cc1cccc(NC(=O)CBr)c1)C(=O)O. The molecule has 0 saturated heterocycles. The molecule has 0 unspecified atom stereocenters.